The predicted molar refractivity (Wildman–Crippen MR) is 67.9 cm³/mol. The van der Waals surface area contributed by atoms with Crippen LogP contribution < -0.4 is 0 Å². The highest BCUT2D eigenvalue weighted by Gasteiger charge is 2.43. The van der Waals surface area contributed by atoms with Crippen molar-refractivity contribution < 1.29 is 14.6 Å². The summed E-state index contributed by atoms with van der Waals surface area (Å²) in [6.45, 7) is 3.87. The quantitative estimate of drug-likeness (QED) is 0.814. The maximum absolute atomic E-state index is 11.7. The van der Waals surface area contributed by atoms with Crippen LogP contribution in [0.2, 0.25) is 0 Å². The van der Waals surface area contributed by atoms with Gasteiger partial charge in [0.05, 0.1) is 6.61 Å². The Morgan fingerprint density at radius 3 is 2.83 bits per heavy atom. The minimum atomic E-state index is -1.33. The van der Waals surface area contributed by atoms with Crippen LogP contribution in [0.4, 0.5) is 0 Å². The van der Waals surface area contributed by atoms with Gasteiger partial charge in [-0.15, -0.1) is 0 Å². The monoisotopic (exact) mass is 249 g/mol. The molecular weight excluding hydrogens is 230 g/mol. The third-order valence-corrected chi connectivity index (χ3v) is 3.23. The molecule has 4 heteroatoms. The molecule has 0 saturated carbocycles. The van der Waals surface area contributed by atoms with E-state index in [9.17, 15) is 9.90 Å². The van der Waals surface area contributed by atoms with Gasteiger partial charge in [0, 0.05) is 26.1 Å². The van der Waals surface area contributed by atoms with Crippen molar-refractivity contribution in [1.82, 2.24) is 4.90 Å². The van der Waals surface area contributed by atoms with E-state index in [1.807, 2.05) is 30.3 Å². The number of hydrogen-bond acceptors (Lipinski definition) is 4. The van der Waals surface area contributed by atoms with Gasteiger partial charge in [-0.25, -0.2) is 4.79 Å². The van der Waals surface area contributed by atoms with Crippen molar-refractivity contribution in [1.29, 1.82) is 0 Å². The smallest absolute Gasteiger partial charge is 0.339 e. The zero-order valence-electron chi connectivity index (χ0n) is 10.6. The average molecular weight is 249 g/mol. The van der Waals surface area contributed by atoms with Crippen molar-refractivity contribution in [2.24, 2.45) is 0 Å². The fourth-order valence-electron chi connectivity index (χ4n) is 2.28. The number of hydrogen-bond donors (Lipinski definition) is 1. The van der Waals surface area contributed by atoms with E-state index in [-0.39, 0.29) is 0 Å². The molecule has 1 unspecified atom stereocenters. The molecule has 18 heavy (non-hydrogen) atoms. The highest BCUT2D eigenvalue weighted by molar-refractivity contribution is 5.80. The molecule has 0 aromatic heterocycles. The predicted octanol–water partition coefficient (Wildman–Crippen LogP) is 1.19. The molecule has 1 heterocycles. The lowest BCUT2D eigenvalue weighted by atomic mass is 10.0. The number of benzene rings is 1. The molecule has 1 aromatic rings. The van der Waals surface area contributed by atoms with E-state index in [1.54, 1.807) is 6.92 Å². The molecule has 1 atom stereocenters. The van der Waals surface area contributed by atoms with Crippen LogP contribution in [-0.2, 0) is 16.1 Å². The highest BCUT2D eigenvalue weighted by Crippen LogP contribution is 2.24. The van der Waals surface area contributed by atoms with Crippen LogP contribution in [0.1, 0.15) is 18.9 Å². The lowest BCUT2D eigenvalue weighted by Gasteiger charge is -2.21. The minimum Gasteiger partial charge on any atom is -0.464 e. The molecule has 1 aliphatic heterocycles. The Morgan fingerprint density at radius 2 is 2.17 bits per heavy atom. The number of aliphatic hydroxyl groups is 1. The van der Waals surface area contributed by atoms with Crippen LogP contribution in [0.3, 0.4) is 0 Å². The van der Waals surface area contributed by atoms with Gasteiger partial charge in [0.2, 0.25) is 0 Å². The van der Waals surface area contributed by atoms with Crippen molar-refractivity contribution in [3.63, 3.8) is 0 Å². The molecule has 0 spiro atoms. The van der Waals surface area contributed by atoms with Gasteiger partial charge in [0.25, 0.3) is 0 Å². The number of nitrogens with zero attached hydrogens (tertiary/aromatic N) is 1. The molecule has 0 radical (unpaired) electrons. The number of rotatable bonds is 4. The largest absolute Gasteiger partial charge is 0.464 e. The summed E-state index contributed by atoms with van der Waals surface area (Å²) in [4.78, 5) is 13.7. The summed E-state index contributed by atoms with van der Waals surface area (Å²) in [6, 6.07) is 10.0. The molecule has 0 amide bonds. The Labute approximate surface area is 107 Å². The van der Waals surface area contributed by atoms with Gasteiger partial charge in [0.1, 0.15) is 0 Å². The van der Waals surface area contributed by atoms with Crippen LogP contribution in [0.5, 0.6) is 0 Å². The Balaban J connectivity index is 1.94. The van der Waals surface area contributed by atoms with E-state index in [2.05, 4.69) is 4.90 Å². The lowest BCUT2D eigenvalue weighted by molar-refractivity contribution is -0.163. The maximum atomic E-state index is 11.7. The molecule has 1 saturated heterocycles. The first-order valence-electron chi connectivity index (χ1n) is 6.30. The highest BCUT2D eigenvalue weighted by atomic mass is 16.5. The molecule has 0 bridgehead atoms. The number of carbonyl (C=O) groups is 1. The number of likely N-dealkylation sites (tertiary alicyclic amines) is 1. The third-order valence-electron chi connectivity index (χ3n) is 3.23. The zero-order chi connectivity index (χ0) is 13.0. The number of ether oxygens (including phenoxy) is 1. The van der Waals surface area contributed by atoms with Gasteiger partial charge in [0.15, 0.2) is 5.60 Å². The molecule has 1 fully saturated rings. The van der Waals surface area contributed by atoms with E-state index < -0.39 is 11.6 Å². The summed E-state index contributed by atoms with van der Waals surface area (Å²) in [5.41, 5.74) is -0.143. The molecule has 98 valence electrons. The van der Waals surface area contributed by atoms with Crippen molar-refractivity contribution in [3.05, 3.63) is 35.9 Å². The summed E-state index contributed by atoms with van der Waals surface area (Å²) in [5.74, 6) is -0.499. The number of β-amino-alcohol motifs (C(OH)–C–C–N with tert-alkyl or cyclic N) is 1. The van der Waals surface area contributed by atoms with Crippen LogP contribution >= 0.6 is 0 Å². The van der Waals surface area contributed by atoms with E-state index >= 15 is 0 Å². The van der Waals surface area contributed by atoms with Crippen LogP contribution in [0, 0.1) is 0 Å². The first-order chi connectivity index (χ1) is 8.64. The average Bonchev–Trinajstić information content (AvgIpc) is 2.74. The standard InChI is InChI=1S/C14H19NO3/c1-2-18-13(16)14(17)8-9-15(11-14)10-12-6-4-3-5-7-12/h3-7,17H,2,8-11H2,1H3. The van der Waals surface area contributed by atoms with Gasteiger partial charge in [-0.05, 0) is 12.5 Å². The van der Waals surface area contributed by atoms with Gasteiger partial charge >= 0.3 is 5.97 Å². The van der Waals surface area contributed by atoms with Gasteiger partial charge < -0.3 is 9.84 Å². The van der Waals surface area contributed by atoms with Crippen molar-refractivity contribution in [2.45, 2.75) is 25.5 Å². The summed E-state index contributed by atoms with van der Waals surface area (Å²) in [7, 11) is 0. The summed E-state index contributed by atoms with van der Waals surface area (Å²) < 4.78 is 4.91. The number of esters is 1. The molecule has 1 aromatic carbocycles. The molecule has 0 aliphatic carbocycles. The second-order valence-corrected chi connectivity index (χ2v) is 4.70. The second kappa shape index (κ2) is 5.50. The lowest BCUT2D eigenvalue weighted by Crippen LogP contribution is -2.42. The Hall–Kier alpha value is -1.39. The maximum Gasteiger partial charge on any atom is 0.339 e. The van der Waals surface area contributed by atoms with Crippen molar-refractivity contribution in [2.75, 3.05) is 19.7 Å². The summed E-state index contributed by atoms with van der Waals surface area (Å²) in [5, 5.41) is 10.2. The van der Waals surface area contributed by atoms with Gasteiger partial charge in [-0.2, -0.15) is 0 Å². The van der Waals surface area contributed by atoms with Gasteiger partial charge in [-0.1, -0.05) is 30.3 Å². The molecule has 1 aliphatic rings. The fourth-order valence-corrected chi connectivity index (χ4v) is 2.28. The van der Waals surface area contributed by atoms with Crippen LogP contribution in [0.25, 0.3) is 0 Å². The normalized spacial score (nSPS) is 24.1. The molecule has 2 rings (SSSR count). The fraction of sp³-hybridized carbons (Fsp3) is 0.500. The SMILES string of the molecule is CCOC(=O)C1(O)CCN(Cc2ccccc2)C1. The Bertz CT molecular complexity index is 407. The zero-order valence-corrected chi connectivity index (χ0v) is 10.6. The van der Waals surface area contributed by atoms with Crippen molar-refractivity contribution in [3.8, 4) is 0 Å². The van der Waals surface area contributed by atoms with E-state index in [0.29, 0.717) is 26.1 Å². The molecular formula is C14H19NO3. The van der Waals surface area contributed by atoms with Crippen molar-refractivity contribution >= 4 is 5.97 Å². The molecule has 1 N–H and O–H groups in total. The van der Waals surface area contributed by atoms with E-state index in [0.717, 1.165) is 6.54 Å². The Morgan fingerprint density at radius 1 is 1.44 bits per heavy atom. The third kappa shape index (κ3) is 2.89. The van der Waals surface area contributed by atoms with E-state index in [4.69, 9.17) is 4.74 Å². The first-order valence-corrected chi connectivity index (χ1v) is 6.30. The first kappa shape index (κ1) is 13.1. The minimum absolute atomic E-state index is 0.305. The molecule has 4 nitrogen and oxygen atoms in total. The number of carbonyl (C=O) groups excluding carboxylic acids is 1. The second-order valence-electron chi connectivity index (χ2n) is 4.70. The Kier molecular flexibility index (Phi) is 3.99. The van der Waals surface area contributed by atoms with Gasteiger partial charge in [-0.3, -0.25) is 4.90 Å². The topological polar surface area (TPSA) is 49.8 Å². The van der Waals surface area contributed by atoms with Crippen LogP contribution in [0.15, 0.2) is 30.3 Å². The summed E-state index contributed by atoms with van der Waals surface area (Å²) in [6.07, 6.45) is 0.443. The summed E-state index contributed by atoms with van der Waals surface area (Å²) >= 11 is 0. The van der Waals surface area contributed by atoms with Crippen LogP contribution in [-0.4, -0.2) is 41.3 Å². The van der Waals surface area contributed by atoms with E-state index in [1.165, 1.54) is 5.56 Å².